The van der Waals surface area contributed by atoms with E-state index in [-0.39, 0.29) is 19.1 Å². The zero-order valence-electron chi connectivity index (χ0n) is 5.54. The predicted octanol–water partition coefficient (Wildman–Crippen LogP) is -0.0272. The van der Waals surface area contributed by atoms with Crippen molar-refractivity contribution in [2.45, 2.75) is 19.4 Å². The highest BCUT2D eigenvalue weighted by Crippen LogP contribution is 1.93. The van der Waals surface area contributed by atoms with Gasteiger partial charge in [-0.05, 0) is 6.92 Å². The van der Waals surface area contributed by atoms with Crippen molar-refractivity contribution in [2.24, 2.45) is 0 Å². The molecule has 0 saturated heterocycles. The lowest BCUT2D eigenvalue weighted by Gasteiger charge is -2.08. The van der Waals surface area contributed by atoms with E-state index in [1.807, 2.05) is 6.92 Å². The minimum absolute atomic E-state index is 0.0768. The Kier molecular flexibility index (Phi) is 5.46. The highest BCUT2D eigenvalue weighted by Gasteiger charge is 2.03. The molecule has 1 N–H and O–H groups in total. The van der Waals surface area contributed by atoms with E-state index in [2.05, 4.69) is 0 Å². The lowest BCUT2D eigenvalue weighted by molar-refractivity contribution is -0.111. The average molecular weight is 132 g/mol. The second-order valence-electron chi connectivity index (χ2n) is 1.66. The van der Waals surface area contributed by atoms with Crippen molar-refractivity contribution in [3.8, 4) is 0 Å². The molecule has 0 heterocycles. The SMILES string of the molecule is CCOC(CO)CC=O. The predicted molar refractivity (Wildman–Crippen MR) is 33.2 cm³/mol. The highest BCUT2D eigenvalue weighted by atomic mass is 16.5. The van der Waals surface area contributed by atoms with Crippen LogP contribution in [0.25, 0.3) is 0 Å². The summed E-state index contributed by atoms with van der Waals surface area (Å²) in [5.41, 5.74) is 0. The number of hydrogen-bond donors (Lipinski definition) is 1. The fraction of sp³-hybridized carbons (Fsp3) is 0.833. The molecule has 3 heteroatoms. The number of hydrogen-bond acceptors (Lipinski definition) is 3. The summed E-state index contributed by atoms with van der Waals surface area (Å²) in [6, 6.07) is 0. The molecular formula is C6H12O3. The molecule has 0 aromatic heterocycles. The van der Waals surface area contributed by atoms with E-state index < -0.39 is 0 Å². The van der Waals surface area contributed by atoms with Crippen molar-refractivity contribution >= 4 is 6.29 Å². The second-order valence-corrected chi connectivity index (χ2v) is 1.66. The minimum atomic E-state index is -0.299. The molecule has 0 amide bonds. The van der Waals surface area contributed by atoms with Crippen LogP contribution in [-0.2, 0) is 9.53 Å². The van der Waals surface area contributed by atoms with Gasteiger partial charge in [-0.2, -0.15) is 0 Å². The standard InChI is InChI=1S/C6H12O3/c1-2-9-6(5-8)3-4-7/h4,6,8H,2-3,5H2,1H3. The molecule has 0 aromatic rings. The van der Waals surface area contributed by atoms with E-state index in [9.17, 15) is 4.79 Å². The number of aldehydes is 1. The first-order chi connectivity index (χ1) is 4.35. The fourth-order valence-corrected chi connectivity index (χ4v) is 0.538. The Morgan fingerprint density at radius 3 is 2.78 bits per heavy atom. The second kappa shape index (κ2) is 5.72. The summed E-state index contributed by atoms with van der Waals surface area (Å²) < 4.78 is 4.95. The van der Waals surface area contributed by atoms with Crippen molar-refractivity contribution in [3.05, 3.63) is 0 Å². The van der Waals surface area contributed by atoms with Crippen molar-refractivity contribution < 1.29 is 14.6 Å². The Balaban J connectivity index is 3.28. The molecule has 3 nitrogen and oxygen atoms in total. The van der Waals surface area contributed by atoms with E-state index in [0.29, 0.717) is 6.61 Å². The number of aliphatic hydroxyl groups excluding tert-OH is 1. The van der Waals surface area contributed by atoms with Crippen LogP contribution in [0.2, 0.25) is 0 Å². The van der Waals surface area contributed by atoms with Crippen LogP contribution in [0.3, 0.4) is 0 Å². The van der Waals surface area contributed by atoms with Gasteiger partial charge in [0.25, 0.3) is 0 Å². The van der Waals surface area contributed by atoms with E-state index in [1.54, 1.807) is 0 Å². The van der Waals surface area contributed by atoms with Gasteiger partial charge in [-0.1, -0.05) is 0 Å². The molecule has 0 fully saturated rings. The molecule has 0 rings (SSSR count). The largest absolute Gasteiger partial charge is 0.394 e. The molecule has 0 radical (unpaired) electrons. The third-order valence-electron chi connectivity index (χ3n) is 0.965. The Morgan fingerprint density at radius 2 is 2.44 bits per heavy atom. The summed E-state index contributed by atoms with van der Waals surface area (Å²) in [7, 11) is 0. The summed E-state index contributed by atoms with van der Waals surface area (Å²) in [6.07, 6.45) is 0.730. The van der Waals surface area contributed by atoms with Crippen molar-refractivity contribution in [1.82, 2.24) is 0 Å². The fourth-order valence-electron chi connectivity index (χ4n) is 0.538. The van der Waals surface area contributed by atoms with Crippen LogP contribution >= 0.6 is 0 Å². The van der Waals surface area contributed by atoms with Crippen LogP contribution in [0, 0.1) is 0 Å². The lowest BCUT2D eigenvalue weighted by Crippen LogP contribution is -2.17. The topological polar surface area (TPSA) is 46.5 Å². The van der Waals surface area contributed by atoms with Gasteiger partial charge in [0.2, 0.25) is 0 Å². The molecular weight excluding hydrogens is 120 g/mol. The smallest absolute Gasteiger partial charge is 0.122 e. The number of carbonyl (C=O) groups is 1. The Morgan fingerprint density at radius 1 is 1.78 bits per heavy atom. The van der Waals surface area contributed by atoms with Crippen LogP contribution < -0.4 is 0 Å². The Bertz CT molecular complexity index is 72.7. The molecule has 0 aliphatic carbocycles. The molecule has 0 spiro atoms. The van der Waals surface area contributed by atoms with Crippen LogP contribution in [0.5, 0.6) is 0 Å². The highest BCUT2D eigenvalue weighted by molar-refractivity contribution is 5.50. The van der Waals surface area contributed by atoms with E-state index in [4.69, 9.17) is 9.84 Å². The van der Waals surface area contributed by atoms with E-state index in [0.717, 1.165) is 6.29 Å². The van der Waals surface area contributed by atoms with Gasteiger partial charge >= 0.3 is 0 Å². The molecule has 1 atom stereocenters. The van der Waals surface area contributed by atoms with Gasteiger partial charge in [-0.25, -0.2) is 0 Å². The van der Waals surface area contributed by atoms with Gasteiger partial charge in [-0.15, -0.1) is 0 Å². The molecule has 1 unspecified atom stereocenters. The summed E-state index contributed by atoms with van der Waals surface area (Å²) >= 11 is 0. The van der Waals surface area contributed by atoms with Gasteiger partial charge in [0.05, 0.1) is 12.7 Å². The molecule has 0 aliphatic rings. The monoisotopic (exact) mass is 132 g/mol. The maximum atomic E-state index is 9.86. The normalized spacial score (nSPS) is 13.1. The van der Waals surface area contributed by atoms with Crippen molar-refractivity contribution in [2.75, 3.05) is 13.2 Å². The van der Waals surface area contributed by atoms with Crippen molar-refractivity contribution in [3.63, 3.8) is 0 Å². The molecule has 0 aliphatic heterocycles. The van der Waals surface area contributed by atoms with Crippen LogP contribution in [0.1, 0.15) is 13.3 Å². The quantitative estimate of drug-likeness (QED) is 0.534. The molecule has 0 saturated carbocycles. The van der Waals surface area contributed by atoms with Crippen molar-refractivity contribution in [1.29, 1.82) is 0 Å². The number of aliphatic hydroxyl groups is 1. The first-order valence-corrected chi connectivity index (χ1v) is 3.01. The summed E-state index contributed by atoms with van der Waals surface area (Å²) in [4.78, 5) is 9.86. The number of carbonyl (C=O) groups excluding carboxylic acids is 1. The van der Waals surface area contributed by atoms with Gasteiger partial charge < -0.3 is 14.6 Å². The number of ether oxygens (including phenoxy) is 1. The van der Waals surface area contributed by atoms with Gasteiger partial charge in [0.1, 0.15) is 6.29 Å². The molecule has 0 bridgehead atoms. The summed E-state index contributed by atoms with van der Waals surface area (Å²) in [5, 5.41) is 8.50. The third-order valence-corrected chi connectivity index (χ3v) is 0.965. The lowest BCUT2D eigenvalue weighted by atomic mass is 10.3. The maximum Gasteiger partial charge on any atom is 0.122 e. The zero-order chi connectivity index (χ0) is 7.11. The van der Waals surface area contributed by atoms with Gasteiger partial charge in [0, 0.05) is 13.0 Å². The third kappa shape index (κ3) is 4.12. The Labute approximate surface area is 54.6 Å². The summed E-state index contributed by atoms with van der Waals surface area (Å²) in [5.74, 6) is 0. The number of rotatable bonds is 5. The van der Waals surface area contributed by atoms with E-state index in [1.165, 1.54) is 0 Å². The van der Waals surface area contributed by atoms with Crippen LogP contribution in [0.4, 0.5) is 0 Å². The first-order valence-electron chi connectivity index (χ1n) is 3.01. The first kappa shape index (κ1) is 8.59. The van der Waals surface area contributed by atoms with Crippen LogP contribution in [0.15, 0.2) is 0 Å². The minimum Gasteiger partial charge on any atom is -0.394 e. The molecule has 9 heavy (non-hydrogen) atoms. The van der Waals surface area contributed by atoms with Gasteiger partial charge in [0.15, 0.2) is 0 Å². The summed E-state index contributed by atoms with van der Waals surface area (Å²) in [6.45, 7) is 2.29. The maximum absolute atomic E-state index is 9.86. The zero-order valence-corrected chi connectivity index (χ0v) is 5.54. The molecule has 54 valence electrons. The average Bonchev–Trinajstić information content (AvgIpc) is 1.88. The van der Waals surface area contributed by atoms with Gasteiger partial charge in [-0.3, -0.25) is 0 Å². The van der Waals surface area contributed by atoms with Crippen LogP contribution in [-0.4, -0.2) is 30.7 Å². The molecule has 0 aromatic carbocycles. The Hall–Kier alpha value is -0.410. The van der Waals surface area contributed by atoms with E-state index >= 15 is 0 Å².